The summed E-state index contributed by atoms with van der Waals surface area (Å²) in [6.45, 7) is 0. The van der Waals surface area contributed by atoms with Crippen LogP contribution < -0.4 is 5.73 Å². The average molecular weight is 188 g/mol. The lowest BCUT2D eigenvalue weighted by atomic mass is 9.74. The molecule has 0 aromatic rings. The molecule has 11 heavy (non-hydrogen) atoms. The Morgan fingerprint density at radius 1 is 1.45 bits per heavy atom. The first-order chi connectivity index (χ1) is 4.36. The molecular weight excluding hydrogens is 180 g/mol. The maximum Gasteiger partial charge on any atom is 0.324 e. The molecule has 0 aromatic carbocycles. The van der Waals surface area contributed by atoms with Gasteiger partial charge in [0.1, 0.15) is 5.54 Å². The molecule has 0 amide bonds. The van der Waals surface area contributed by atoms with Gasteiger partial charge in [-0.2, -0.15) is 0 Å². The number of rotatable bonds is 1. The minimum atomic E-state index is -2.87. The second-order valence-electron chi connectivity index (χ2n) is 2.67. The fourth-order valence-corrected chi connectivity index (χ4v) is 1.02. The van der Waals surface area contributed by atoms with Crippen molar-refractivity contribution in [1.29, 1.82) is 0 Å². The van der Waals surface area contributed by atoms with Gasteiger partial charge in [0.25, 0.3) is 5.92 Å². The van der Waals surface area contributed by atoms with E-state index in [2.05, 4.69) is 0 Å². The molecule has 66 valence electrons. The van der Waals surface area contributed by atoms with E-state index in [0.29, 0.717) is 0 Å². The molecule has 0 atom stereocenters. The van der Waals surface area contributed by atoms with Crippen molar-refractivity contribution in [2.24, 2.45) is 5.73 Å². The van der Waals surface area contributed by atoms with Crippen LogP contribution in [0.25, 0.3) is 0 Å². The Hall–Kier alpha value is -0.420. The van der Waals surface area contributed by atoms with E-state index in [9.17, 15) is 13.6 Å². The van der Waals surface area contributed by atoms with Gasteiger partial charge in [0.15, 0.2) is 0 Å². The minimum absolute atomic E-state index is 0. The molecule has 0 heterocycles. The number of halogens is 3. The van der Waals surface area contributed by atoms with E-state index in [1.54, 1.807) is 0 Å². The molecular formula is C5H8ClF2NO2. The van der Waals surface area contributed by atoms with Gasteiger partial charge in [-0.3, -0.25) is 4.79 Å². The molecule has 1 fully saturated rings. The summed E-state index contributed by atoms with van der Waals surface area (Å²) in [6, 6.07) is 0. The highest BCUT2D eigenvalue weighted by molar-refractivity contribution is 5.85. The third kappa shape index (κ3) is 1.78. The number of hydrogen-bond donors (Lipinski definition) is 2. The Bertz CT molecular complexity index is 177. The first-order valence-electron chi connectivity index (χ1n) is 2.76. The predicted molar refractivity (Wildman–Crippen MR) is 36.0 cm³/mol. The van der Waals surface area contributed by atoms with Crippen molar-refractivity contribution in [2.45, 2.75) is 24.3 Å². The van der Waals surface area contributed by atoms with E-state index in [0.717, 1.165) is 0 Å². The number of aliphatic carboxylic acids is 1. The van der Waals surface area contributed by atoms with Crippen molar-refractivity contribution in [3.63, 3.8) is 0 Å². The largest absolute Gasteiger partial charge is 0.480 e. The van der Waals surface area contributed by atoms with Crippen LogP contribution >= 0.6 is 12.4 Å². The number of alkyl halides is 2. The van der Waals surface area contributed by atoms with E-state index >= 15 is 0 Å². The third-order valence-electron chi connectivity index (χ3n) is 1.57. The van der Waals surface area contributed by atoms with Gasteiger partial charge in [-0.1, -0.05) is 0 Å². The maximum absolute atomic E-state index is 12.1. The lowest BCUT2D eigenvalue weighted by Crippen LogP contribution is -2.63. The normalized spacial score (nSPS) is 24.6. The van der Waals surface area contributed by atoms with Crippen LogP contribution in [0, 0.1) is 0 Å². The second kappa shape index (κ2) is 2.57. The van der Waals surface area contributed by atoms with Crippen LogP contribution in [0.1, 0.15) is 12.8 Å². The summed E-state index contributed by atoms with van der Waals surface area (Å²) in [4.78, 5) is 10.1. The van der Waals surface area contributed by atoms with Crippen LogP contribution in [-0.4, -0.2) is 22.5 Å². The Kier molecular flexibility index (Phi) is 2.47. The van der Waals surface area contributed by atoms with Gasteiger partial charge < -0.3 is 10.8 Å². The molecule has 0 bridgehead atoms. The van der Waals surface area contributed by atoms with Crippen molar-refractivity contribution >= 4 is 18.4 Å². The second-order valence-corrected chi connectivity index (χ2v) is 2.67. The lowest BCUT2D eigenvalue weighted by Gasteiger charge is -2.40. The molecule has 1 rings (SSSR count). The number of hydrogen-bond acceptors (Lipinski definition) is 2. The fraction of sp³-hybridized carbons (Fsp3) is 0.800. The third-order valence-corrected chi connectivity index (χ3v) is 1.57. The van der Waals surface area contributed by atoms with Gasteiger partial charge in [-0.05, 0) is 0 Å². The van der Waals surface area contributed by atoms with Crippen LogP contribution in [0.15, 0.2) is 0 Å². The summed E-state index contributed by atoms with van der Waals surface area (Å²) in [5, 5.41) is 8.27. The zero-order valence-corrected chi connectivity index (χ0v) is 6.33. The zero-order valence-electron chi connectivity index (χ0n) is 5.51. The molecule has 3 N–H and O–H groups in total. The molecule has 1 saturated carbocycles. The molecule has 1 aliphatic rings. The molecule has 0 spiro atoms. The minimum Gasteiger partial charge on any atom is -0.480 e. The Morgan fingerprint density at radius 3 is 1.91 bits per heavy atom. The van der Waals surface area contributed by atoms with E-state index < -0.39 is 30.3 Å². The highest BCUT2D eigenvalue weighted by Crippen LogP contribution is 2.43. The van der Waals surface area contributed by atoms with Crippen molar-refractivity contribution in [1.82, 2.24) is 0 Å². The fourth-order valence-electron chi connectivity index (χ4n) is 1.02. The Morgan fingerprint density at radius 2 is 1.82 bits per heavy atom. The quantitative estimate of drug-likeness (QED) is 0.633. The van der Waals surface area contributed by atoms with Crippen LogP contribution in [0.2, 0.25) is 0 Å². The van der Waals surface area contributed by atoms with Gasteiger partial charge in [0.05, 0.1) is 0 Å². The number of carboxylic acids is 1. The molecule has 0 aromatic heterocycles. The van der Waals surface area contributed by atoms with E-state index in [1.165, 1.54) is 0 Å². The molecule has 0 saturated heterocycles. The number of carboxylic acid groups (broad SMARTS) is 1. The summed E-state index contributed by atoms with van der Waals surface area (Å²) in [6.07, 6.45) is -1.48. The van der Waals surface area contributed by atoms with Gasteiger partial charge >= 0.3 is 5.97 Å². The van der Waals surface area contributed by atoms with Gasteiger partial charge in [0, 0.05) is 12.8 Å². The highest BCUT2D eigenvalue weighted by Gasteiger charge is 2.59. The first kappa shape index (κ1) is 10.6. The van der Waals surface area contributed by atoms with Crippen LogP contribution in [0.5, 0.6) is 0 Å². The summed E-state index contributed by atoms with van der Waals surface area (Å²) >= 11 is 0. The van der Waals surface area contributed by atoms with Crippen LogP contribution in [0.4, 0.5) is 8.78 Å². The Labute approximate surface area is 68.0 Å². The number of carbonyl (C=O) groups is 1. The average Bonchev–Trinajstić information content (AvgIpc) is 1.59. The summed E-state index contributed by atoms with van der Waals surface area (Å²) in [5.41, 5.74) is 3.36. The van der Waals surface area contributed by atoms with Gasteiger partial charge in [-0.25, -0.2) is 8.78 Å². The van der Waals surface area contributed by atoms with E-state index in [-0.39, 0.29) is 12.4 Å². The van der Waals surface area contributed by atoms with E-state index in [1.807, 2.05) is 0 Å². The van der Waals surface area contributed by atoms with Gasteiger partial charge in [0.2, 0.25) is 0 Å². The molecule has 0 aliphatic heterocycles. The Balaban J connectivity index is 0.000001000. The maximum atomic E-state index is 12.1. The molecule has 0 unspecified atom stereocenters. The standard InChI is InChI=1S/C5H7F2NO2.ClH/c6-5(7)1-4(8,2-5)3(9)10;/h1-2,8H2,(H,9,10);1H. The number of nitrogens with two attached hydrogens (primary N) is 1. The first-order valence-corrected chi connectivity index (χ1v) is 2.76. The highest BCUT2D eigenvalue weighted by atomic mass is 35.5. The molecule has 6 heteroatoms. The lowest BCUT2D eigenvalue weighted by molar-refractivity contribution is -0.171. The van der Waals surface area contributed by atoms with Crippen molar-refractivity contribution in [3.8, 4) is 0 Å². The van der Waals surface area contributed by atoms with Gasteiger partial charge in [-0.15, -0.1) is 12.4 Å². The zero-order chi connectivity index (χ0) is 7.99. The molecule has 3 nitrogen and oxygen atoms in total. The molecule has 1 aliphatic carbocycles. The van der Waals surface area contributed by atoms with Crippen LogP contribution in [-0.2, 0) is 4.79 Å². The SMILES string of the molecule is Cl.NC1(C(=O)O)CC(F)(F)C1. The molecule has 0 radical (unpaired) electrons. The summed E-state index contributed by atoms with van der Waals surface area (Å²) in [7, 11) is 0. The summed E-state index contributed by atoms with van der Waals surface area (Å²) in [5.74, 6) is -4.22. The van der Waals surface area contributed by atoms with Crippen molar-refractivity contribution in [2.75, 3.05) is 0 Å². The van der Waals surface area contributed by atoms with E-state index in [4.69, 9.17) is 10.8 Å². The topological polar surface area (TPSA) is 63.3 Å². The van der Waals surface area contributed by atoms with Crippen molar-refractivity contribution in [3.05, 3.63) is 0 Å². The van der Waals surface area contributed by atoms with Crippen molar-refractivity contribution < 1.29 is 18.7 Å². The summed E-state index contributed by atoms with van der Waals surface area (Å²) < 4.78 is 24.1. The van der Waals surface area contributed by atoms with Crippen LogP contribution in [0.3, 0.4) is 0 Å². The predicted octanol–water partition coefficient (Wildman–Crippen LogP) is 0.619. The smallest absolute Gasteiger partial charge is 0.324 e. The monoisotopic (exact) mass is 187 g/mol.